The molecule has 0 bridgehead atoms. The van der Waals surface area contributed by atoms with Gasteiger partial charge in [0.1, 0.15) is 6.61 Å². The van der Waals surface area contributed by atoms with E-state index in [-0.39, 0.29) is 18.5 Å². The number of ether oxygens (including phenoxy) is 2. The van der Waals surface area contributed by atoms with Gasteiger partial charge in [-0.05, 0) is 13.0 Å². The van der Waals surface area contributed by atoms with Crippen molar-refractivity contribution in [2.45, 2.75) is 25.7 Å². The average molecular weight is 293 g/mol. The first-order chi connectivity index (χ1) is 8.81. The Hall–Kier alpha value is -0.730. The van der Waals surface area contributed by atoms with Crippen LogP contribution in [-0.2, 0) is 22.6 Å². The molecule has 0 spiro atoms. The normalized spacial score (nSPS) is 20.2. The smallest absolute Gasteiger partial charge is 0.240 e. The third kappa shape index (κ3) is 5.04. The Morgan fingerprint density at radius 3 is 3.11 bits per heavy atom. The second-order valence-electron chi connectivity index (χ2n) is 4.34. The van der Waals surface area contributed by atoms with Crippen LogP contribution in [0.3, 0.4) is 0 Å². The lowest BCUT2D eigenvalue weighted by Gasteiger charge is -2.31. The molecule has 0 radical (unpaired) electrons. The predicted octanol–water partition coefficient (Wildman–Crippen LogP) is 0.187. The van der Waals surface area contributed by atoms with Crippen molar-refractivity contribution in [1.82, 2.24) is 15.0 Å². The van der Waals surface area contributed by atoms with E-state index in [2.05, 4.69) is 15.0 Å². The van der Waals surface area contributed by atoms with Crippen LogP contribution in [0.5, 0.6) is 0 Å². The van der Waals surface area contributed by atoms with Gasteiger partial charge in [0.2, 0.25) is 5.89 Å². The number of hydrogen-bond acceptors (Lipinski definition) is 7. The first-order valence-corrected chi connectivity index (χ1v) is 6.16. The highest BCUT2D eigenvalue weighted by Crippen LogP contribution is 2.11. The zero-order valence-corrected chi connectivity index (χ0v) is 11.9. The van der Waals surface area contributed by atoms with Crippen LogP contribution in [0, 0.1) is 0 Å². The molecule has 8 heteroatoms. The van der Waals surface area contributed by atoms with Crippen LogP contribution in [0.2, 0.25) is 0 Å². The number of rotatable bonds is 6. The van der Waals surface area contributed by atoms with Gasteiger partial charge in [0.25, 0.3) is 0 Å². The van der Waals surface area contributed by atoms with Crippen molar-refractivity contribution < 1.29 is 14.0 Å². The van der Waals surface area contributed by atoms with Gasteiger partial charge in [-0.15, -0.1) is 12.4 Å². The molecule has 7 nitrogen and oxygen atoms in total. The summed E-state index contributed by atoms with van der Waals surface area (Å²) in [6, 6.07) is 0. The van der Waals surface area contributed by atoms with E-state index in [0.29, 0.717) is 31.4 Å². The lowest BCUT2D eigenvalue weighted by Crippen LogP contribution is -2.42. The number of nitrogens with two attached hydrogens (primary N) is 1. The highest BCUT2D eigenvalue weighted by Gasteiger charge is 2.21. The van der Waals surface area contributed by atoms with E-state index < -0.39 is 0 Å². The van der Waals surface area contributed by atoms with Crippen LogP contribution in [0.15, 0.2) is 4.52 Å². The van der Waals surface area contributed by atoms with Crippen LogP contribution in [0.25, 0.3) is 0 Å². The minimum atomic E-state index is 0. The molecule has 1 unspecified atom stereocenters. The zero-order valence-electron chi connectivity index (χ0n) is 11.1. The second-order valence-corrected chi connectivity index (χ2v) is 4.34. The molecule has 1 aliphatic heterocycles. The summed E-state index contributed by atoms with van der Waals surface area (Å²) in [6.07, 6.45) is 1.10. The van der Waals surface area contributed by atoms with E-state index in [9.17, 15) is 0 Å². The monoisotopic (exact) mass is 292 g/mol. The first-order valence-electron chi connectivity index (χ1n) is 6.16. The van der Waals surface area contributed by atoms with Crippen molar-refractivity contribution in [3.63, 3.8) is 0 Å². The van der Waals surface area contributed by atoms with E-state index in [4.69, 9.17) is 19.7 Å². The maximum absolute atomic E-state index is 5.62. The van der Waals surface area contributed by atoms with Gasteiger partial charge in [-0.25, -0.2) is 0 Å². The van der Waals surface area contributed by atoms with Crippen LogP contribution >= 0.6 is 12.4 Å². The van der Waals surface area contributed by atoms with Crippen molar-refractivity contribution in [1.29, 1.82) is 0 Å². The van der Waals surface area contributed by atoms with E-state index in [1.165, 1.54) is 0 Å². The molecule has 19 heavy (non-hydrogen) atoms. The Morgan fingerprint density at radius 2 is 2.37 bits per heavy atom. The summed E-state index contributed by atoms with van der Waals surface area (Å²) in [6.45, 7) is 4.15. The van der Waals surface area contributed by atoms with Crippen LogP contribution in [-0.4, -0.2) is 54.5 Å². The highest BCUT2D eigenvalue weighted by molar-refractivity contribution is 5.85. The molecule has 1 fully saturated rings. The molecule has 1 aromatic heterocycles. The maximum Gasteiger partial charge on any atom is 0.240 e. The lowest BCUT2D eigenvalue weighted by molar-refractivity contribution is -0.0361. The van der Waals surface area contributed by atoms with E-state index >= 15 is 0 Å². The topological polar surface area (TPSA) is 86.6 Å². The molecular weight excluding hydrogens is 272 g/mol. The van der Waals surface area contributed by atoms with Crippen LogP contribution in [0.1, 0.15) is 18.1 Å². The Bertz CT molecular complexity index is 361. The number of methoxy groups -OCH3 is 1. The minimum absolute atomic E-state index is 0. The fraction of sp³-hybridized carbons (Fsp3) is 0.818. The summed E-state index contributed by atoms with van der Waals surface area (Å²) in [7, 11) is 1.61. The fourth-order valence-electron chi connectivity index (χ4n) is 2.02. The van der Waals surface area contributed by atoms with Crippen molar-refractivity contribution in [3.8, 4) is 0 Å². The molecule has 1 atom stereocenters. The van der Waals surface area contributed by atoms with Gasteiger partial charge in [-0.1, -0.05) is 5.16 Å². The second kappa shape index (κ2) is 8.44. The number of aromatic nitrogens is 2. The summed E-state index contributed by atoms with van der Waals surface area (Å²) in [5, 5.41) is 3.84. The third-order valence-corrected chi connectivity index (χ3v) is 2.85. The SMILES string of the molecule is COCc1noc(CN2CCOC(CCN)C2)n1.Cl. The van der Waals surface area contributed by atoms with Gasteiger partial charge in [-0.3, -0.25) is 4.90 Å². The zero-order chi connectivity index (χ0) is 12.8. The Kier molecular flexibility index (Phi) is 7.25. The summed E-state index contributed by atoms with van der Waals surface area (Å²) in [4.78, 5) is 6.50. The van der Waals surface area contributed by atoms with Crippen molar-refractivity contribution in [2.75, 3.05) is 33.4 Å². The Balaban J connectivity index is 0.00000180. The lowest BCUT2D eigenvalue weighted by atomic mass is 10.2. The van der Waals surface area contributed by atoms with Gasteiger partial charge >= 0.3 is 0 Å². The molecule has 0 aliphatic carbocycles. The van der Waals surface area contributed by atoms with Crippen LogP contribution < -0.4 is 5.73 Å². The predicted molar refractivity (Wildman–Crippen MR) is 70.9 cm³/mol. The van der Waals surface area contributed by atoms with Gasteiger partial charge in [-0.2, -0.15) is 4.98 Å². The number of morpholine rings is 1. The van der Waals surface area contributed by atoms with E-state index in [1.54, 1.807) is 7.11 Å². The molecule has 1 aromatic rings. The van der Waals surface area contributed by atoms with Crippen LogP contribution in [0.4, 0.5) is 0 Å². The van der Waals surface area contributed by atoms with Crippen molar-refractivity contribution in [2.24, 2.45) is 5.73 Å². The molecule has 110 valence electrons. The summed E-state index contributed by atoms with van der Waals surface area (Å²) in [5.74, 6) is 1.20. The van der Waals surface area contributed by atoms with Gasteiger partial charge in [0, 0.05) is 20.2 Å². The minimum Gasteiger partial charge on any atom is -0.377 e. The first kappa shape index (κ1) is 16.3. The Morgan fingerprint density at radius 1 is 1.53 bits per heavy atom. The van der Waals surface area contributed by atoms with Gasteiger partial charge < -0.3 is 19.7 Å². The van der Waals surface area contributed by atoms with Crippen molar-refractivity contribution in [3.05, 3.63) is 11.7 Å². The summed E-state index contributed by atoms with van der Waals surface area (Å²) >= 11 is 0. The highest BCUT2D eigenvalue weighted by atomic mass is 35.5. The van der Waals surface area contributed by atoms with E-state index in [1.807, 2.05) is 0 Å². The van der Waals surface area contributed by atoms with E-state index in [0.717, 1.165) is 26.1 Å². The molecular formula is C11H21ClN4O3. The summed E-state index contributed by atoms with van der Waals surface area (Å²) < 4.78 is 15.7. The fourth-order valence-corrected chi connectivity index (χ4v) is 2.02. The number of nitrogens with zero attached hydrogens (tertiary/aromatic N) is 3. The average Bonchev–Trinajstić information content (AvgIpc) is 2.78. The van der Waals surface area contributed by atoms with Crippen molar-refractivity contribution >= 4 is 12.4 Å². The molecule has 2 heterocycles. The molecule has 0 saturated carbocycles. The molecule has 1 aliphatic rings. The standard InChI is InChI=1S/C11H20N4O3.ClH/c1-16-8-10-13-11(18-14-10)7-15-4-5-17-9(6-15)2-3-12;/h9H,2-8,12H2,1H3;1H. The molecule has 1 saturated heterocycles. The molecule has 0 amide bonds. The number of hydrogen-bond donors (Lipinski definition) is 1. The molecule has 2 N–H and O–H groups in total. The van der Waals surface area contributed by atoms with Gasteiger partial charge in [0.05, 0.1) is 19.3 Å². The quantitative estimate of drug-likeness (QED) is 0.801. The third-order valence-electron chi connectivity index (χ3n) is 2.85. The molecule has 2 rings (SSSR count). The molecule has 0 aromatic carbocycles. The maximum atomic E-state index is 5.62. The largest absolute Gasteiger partial charge is 0.377 e. The Labute approximate surface area is 118 Å². The number of halogens is 1. The summed E-state index contributed by atoms with van der Waals surface area (Å²) in [5.41, 5.74) is 5.54. The van der Waals surface area contributed by atoms with Gasteiger partial charge in [0.15, 0.2) is 5.82 Å².